The molecule has 1 aromatic carbocycles. The number of hydrogen-bond donors (Lipinski definition) is 2. The molecule has 4 nitrogen and oxygen atoms in total. The molecule has 0 saturated heterocycles. The first-order valence-corrected chi connectivity index (χ1v) is 9.41. The van der Waals surface area contributed by atoms with Crippen LogP contribution in [0, 0.1) is 0 Å². The molecule has 3 N–H and O–H groups in total. The fourth-order valence-electron chi connectivity index (χ4n) is 3.06. The van der Waals surface area contributed by atoms with Gasteiger partial charge in [-0.1, -0.05) is 23.8 Å². The van der Waals surface area contributed by atoms with E-state index in [9.17, 15) is 9.59 Å². The van der Waals surface area contributed by atoms with E-state index in [4.69, 9.17) is 5.73 Å². The normalized spacial score (nSPS) is 15.3. The minimum absolute atomic E-state index is 0.0614. The summed E-state index contributed by atoms with van der Waals surface area (Å²) in [4.78, 5) is 24.2. The molecular formula is C20H22N2O2S. The van der Waals surface area contributed by atoms with Gasteiger partial charge in [0.2, 0.25) is 0 Å². The van der Waals surface area contributed by atoms with Crippen LogP contribution in [0.4, 0.5) is 0 Å². The lowest BCUT2D eigenvalue weighted by atomic mass is 9.94. The van der Waals surface area contributed by atoms with Gasteiger partial charge in [0, 0.05) is 11.6 Å². The minimum Gasteiger partial charge on any atom is -0.365 e. The lowest BCUT2D eigenvalue weighted by Crippen LogP contribution is -2.34. The van der Waals surface area contributed by atoms with E-state index in [1.165, 1.54) is 29.8 Å². The largest absolute Gasteiger partial charge is 0.365 e. The summed E-state index contributed by atoms with van der Waals surface area (Å²) in [6.07, 6.45) is 6.88. The third-order valence-electron chi connectivity index (χ3n) is 4.55. The molecule has 1 aliphatic carbocycles. The molecular weight excluding hydrogens is 332 g/mol. The molecule has 3 rings (SSSR count). The van der Waals surface area contributed by atoms with Gasteiger partial charge in [-0.3, -0.25) is 9.59 Å². The molecule has 5 heteroatoms. The summed E-state index contributed by atoms with van der Waals surface area (Å²) in [6.45, 7) is 2.04. The van der Waals surface area contributed by atoms with Crippen molar-refractivity contribution in [3.63, 3.8) is 0 Å². The van der Waals surface area contributed by atoms with Crippen molar-refractivity contribution in [3.05, 3.63) is 57.8 Å². The number of rotatable bonds is 5. The van der Waals surface area contributed by atoms with Gasteiger partial charge in [-0.05, 0) is 67.3 Å². The number of carbonyl (C=O) groups is 2. The molecule has 130 valence electrons. The van der Waals surface area contributed by atoms with E-state index in [1.54, 1.807) is 6.07 Å². The lowest BCUT2D eigenvalue weighted by Gasteiger charge is -2.21. The summed E-state index contributed by atoms with van der Waals surface area (Å²) >= 11 is 1.33. The van der Waals surface area contributed by atoms with E-state index in [0.717, 1.165) is 24.0 Å². The van der Waals surface area contributed by atoms with Gasteiger partial charge in [0.1, 0.15) is 0 Å². The standard InChI is InChI=1S/C20H22N2O2S/c1-13(14-5-3-2-4-6-14)22-20(24)16-9-7-15(8-10-16)17-11-18(19(21)23)25-12-17/h5,7-13H,2-4,6H2,1H3,(H2,21,23)(H,22,24)/t13-/m0/s1. The Hall–Kier alpha value is -2.40. The monoisotopic (exact) mass is 354 g/mol. The smallest absolute Gasteiger partial charge is 0.258 e. The van der Waals surface area contributed by atoms with E-state index in [-0.39, 0.29) is 11.9 Å². The van der Waals surface area contributed by atoms with Crippen LogP contribution in [0.3, 0.4) is 0 Å². The van der Waals surface area contributed by atoms with Crippen molar-refractivity contribution in [1.82, 2.24) is 5.32 Å². The van der Waals surface area contributed by atoms with Gasteiger partial charge in [0.25, 0.3) is 11.8 Å². The van der Waals surface area contributed by atoms with Crippen LogP contribution < -0.4 is 11.1 Å². The zero-order valence-corrected chi connectivity index (χ0v) is 15.1. The molecule has 2 aromatic rings. The molecule has 0 bridgehead atoms. The fourth-order valence-corrected chi connectivity index (χ4v) is 3.83. The molecule has 1 heterocycles. The molecule has 25 heavy (non-hydrogen) atoms. The summed E-state index contributed by atoms with van der Waals surface area (Å²) in [5, 5.41) is 4.97. The van der Waals surface area contributed by atoms with Gasteiger partial charge in [0.05, 0.1) is 4.88 Å². The van der Waals surface area contributed by atoms with Crippen LogP contribution in [0.5, 0.6) is 0 Å². The average molecular weight is 354 g/mol. The Balaban J connectivity index is 1.67. The number of nitrogens with one attached hydrogen (secondary N) is 1. The summed E-state index contributed by atoms with van der Waals surface area (Å²) in [6, 6.07) is 9.27. The summed E-state index contributed by atoms with van der Waals surface area (Å²) in [5.41, 5.74) is 9.15. The third kappa shape index (κ3) is 4.17. The van der Waals surface area contributed by atoms with Crippen molar-refractivity contribution in [2.24, 2.45) is 5.73 Å². The van der Waals surface area contributed by atoms with Crippen molar-refractivity contribution >= 4 is 23.2 Å². The minimum atomic E-state index is -0.418. The van der Waals surface area contributed by atoms with E-state index < -0.39 is 5.91 Å². The summed E-state index contributed by atoms with van der Waals surface area (Å²) in [7, 11) is 0. The number of thiophene rings is 1. The van der Waals surface area contributed by atoms with Crippen molar-refractivity contribution in [1.29, 1.82) is 0 Å². The molecule has 1 aliphatic rings. The Bertz CT molecular complexity index is 805. The first-order chi connectivity index (χ1) is 12.0. The summed E-state index contributed by atoms with van der Waals surface area (Å²) in [5.74, 6) is -0.480. The van der Waals surface area contributed by atoms with Crippen LogP contribution in [0.1, 0.15) is 52.6 Å². The molecule has 0 unspecified atom stereocenters. The van der Waals surface area contributed by atoms with Gasteiger partial charge in [-0.2, -0.15) is 0 Å². The first-order valence-electron chi connectivity index (χ1n) is 8.53. The summed E-state index contributed by atoms with van der Waals surface area (Å²) < 4.78 is 0. The number of primary amides is 1. The maximum absolute atomic E-state index is 12.4. The predicted molar refractivity (Wildman–Crippen MR) is 102 cm³/mol. The highest BCUT2D eigenvalue weighted by atomic mass is 32.1. The highest BCUT2D eigenvalue weighted by molar-refractivity contribution is 7.12. The Labute approximate surface area is 151 Å². The molecule has 0 saturated carbocycles. The van der Waals surface area contributed by atoms with Gasteiger partial charge >= 0.3 is 0 Å². The number of carbonyl (C=O) groups excluding carboxylic acids is 2. The van der Waals surface area contributed by atoms with Crippen molar-refractivity contribution in [3.8, 4) is 11.1 Å². The van der Waals surface area contributed by atoms with Crippen LogP contribution in [0.15, 0.2) is 47.4 Å². The predicted octanol–water partition coefficient (Wildman–Crippen LogP) is 4.13. The zero-order chi connectivity index (χ0) is 17.8. The highest BCUT2D eigenvalue weighted by Gasteiger charge is 2.15. The van der Waals surface area contributed by atoms with Crippen LogP contribution in [-0.4, -0.2) is 17.9 Å². The van der Waals surface area contributed by atoms with E-state index in [1.807, 2.05) is 36.6 Å². The second-order valence-corrected chi connectivity index (χ2v) is 7.27. The van der Waals surface area contributed by atoms with Gasteiger partial charge < -0.3 is 11.1 Å². The Kier molecular flexibility index (Phi) is 5.34. The van der Waals surface area contributed by atoms with E-state index >= 15 is 0 Å². The Morgan fingerprint density at radius 1 is 1.16 bits per heavy atom. The van der Waals surface area contributed by atoms with Gasteiger partial charge in [-0.25, -0.2) is 0 Å². The molecule has 1 aromatic heterocycles. The Morgan fingerprint density at radius 3 is 2.52 bits per heavy atom. The first kappa shape index (κ1) is 17.4. The lowest BCUT2D eigenvalue weighted by molar-refractivity contribution is 0.0943. The maximum Gasteiger partial charge on any atom is 0.258 e. The Morgan fingerprint density at radius 2 is 1.92 bits per heavy atom. The van der Waals surface area contributed by atoms with Crippen molar-refractivity contribution in [2.45, 2.75) is 38.6 Å². The van der Waals surface area contributed by atoms with Gasteiger partial charge in [0.15, 0.2) is 0 Å². The van der Waals surface area contributed by atoms with Gasteiger partial charge in [-0.15, -0.1) is 11.3 Å². The third-order valence-corrected chi connectivity index (χ3v) is 5.50. The van der Waals surface area contributed by atoms with Crippen LogP contribution in [0.25, 0.3) is 11.1 Å². The molecule has 2 amide bonds. The molecule has 1 atom stereocenters. The topological polar surface area (TPSA) is 72.2 Å². The number of benzene rings is 1. The molecule has 0 spiro atoms. The molecule has 0 aliphatic heterocycles. The van der Waals surface area contributed by atoms with Crippen LogP contribution in [0.2, 0.25) is 0 Å². The van der Waals surface area contributed by atoms with Crippen molar-refractivity contribution < 1.29 is 9.59 Å². The molecule has 0 fully saturated rings. The number of nitrogens with two attached hydrogens (primary N) is 1. The SMILES string of the molecule is C[C@H](NC(=O)c1ccc(-c2csc(C(N)=O)c2)cc1)C1=CCCCC1. The second kappa shape index (κ2) is 7.66. The number of hydrogen-bond acceptors (Lipinski definition) is 3. The average Bonchev–Trinajstić information content (AvgIpc) is 3.13. The van der Waals surface area contributed by atoms with Crippen LogP contribution in [-0.2, 0) is 0 Å². The fraction of sp³-hybridized carbons (Fsp3) is 0.300. The number of allylic oxidation sites excluding steroid dienone is 1. The quantitative estimate of drug-likeness (QED) is 0.792. The second-order valence-electron chi connectivity index (χ2n) is 6.36. The maximum atomic E-state index is 12.4. The van der Waals surface area contributed by atoms with E-state index in [2.05, 4.69) is 11.4 Å². The van der Waals surface area contributed by atoms with Crippen molar-refractivity contribution in [2.75, 3.05) is 0 Å². The van der Waals surface area contributed by atoms with Crippen LogP contribution >= 0.6 is 11.3 Å². The van der Waals surface area contributed by atoms with E-state index in [0.29, 0.717) is 10.4 Å². The number of amides is 2. The zero-order valence-electron chi connectivity index (χ0n) is 14.2. The highest BCUT2D eigenvalue weighted by Crippen LogP contribution is 2.26. The molecule has 0 radical (unpaired) electrons.